The molecule has 0 aromatic heterocycles. The third-order valence-corrected chi connectivity index (χ3v) is 9.51. The Morgan fingerprint density at radius 3 is 1.89 bits per heavy atom. The molecule has 2 unspecified atom stereocenters. The molecule has 0 bridgehead atoms. The summed E-state index contributed by atoms with van der Waals surface area (Å²) in [6.45, 7) is 4.71. The molecule has 0 spiro atoms. The Balaban J connectivity index is 1.76. The van der Waals surface area contributed by atoms with E-state index in [9.17, 15) is 0 Å². The average molecular weight is 395 g/mol. The Morgan fingerprint density at radius 2 is 1.32 bits per heavy atom. The van der Waals surface area contributed by atoms with E-state index in [0.29, 0.717) is 0 Å². The van der Waals surface area contributed by atoms with Crippen molar-refractivity contribution in [3.05, 3.63) is 71.8 Å². The van der Waals surface area contributed by atoms with E-state index in [1.165, 1.54) is 63.4 Å². The summed E-state index contributed by atoms with van der Waals surface area (Å²) in [5.41, 5.74) is 3.17. The number of benzene rings is 2. The molecular weight excluding hydrogens is 355 g/mol. The van der Waals surface area contributed by atoms with E-state index in [0.717, 1.165) is 17.8 Å². The van der Waals surface area contributed by atoms with Gasteiger partial charge >= 0.3 is 0 Å². The first-order valence-corrected chi connectivity index (χ1v) is 13.5. The minimum atomic E-state index is 0.200. The van der Waals surface area contributed by atoms with Crippen LogP contribution in [0.3, 0.4) is 0 Å². The third-order valence-electron chi connectivity index (χ3n) is 6.63. The van der Waals surface area contributed by atoms with E-state index in [4.69, 9.17) is 0 Å². The van der Waals surface area contributed by atoms with Crippen LogP contribution in [0, 0.1) is 5.92 Å². The molecule has 2 aromatic carbocycles. The van der Waals surface area contributed by atoms with E-state index in [1.807, 2.05) is 0 Å². The van der Waals surface area contributed by atoms with Crippen LogP contribution >= 0.6 is 7.92 Å². The Kier molecular flexibility index (Phi) is 9.07. The standard InChI is InChI=1S/C27H39P/c1-3-5-19-28(20-6-4-2)22-26-21-25(23-13-9-7-10-14-23)17-18-27(26)24-15-11-8-12-16-24/h7-16,25-27H,3-6,17-22H2,1-2H3/t25?,26-,27?/m1/s1. The fourth-order valence-corrected chi connectivity index (χ4v) is 8.20. The van der Waals surface area contributed by atoms with Crippen LogP contribution in [0.2, 0.25) is 0 Å². The molecule has 0 saturated heterocycles. The summed E-state index contributed by atoms with van der Waals surface area (Å²) in [6.07, 6.45) is 14.2. The van der Waals surface area contributed by atoms with Gasteiger partial charge in [0, 0.05) is 0 Å². The van der Waals surface area contributed by atoms with Crippen LogP contribution in [0.4, 0.5) is 0 Å². The maximum atomic E-state index is 2.39. The van der Waals surface area contributed by atoms with Crippen LogP contribution in [0.15, 0.2) is 60.7 Å². The monoisotopic (exact) mass is 394 g/mol. The van der Waals surface area contributed by atoms with Crippen LogP contribution in [0.1, 0.15) is 81.8 Å². The van der Waals surface area contributed by atoms with E-state index in [1.54, 1.807) is 11.1 Å². The minimum absolute atomic E-state index is 0.200. The summed E-state index contributed by atoms with van der Waals surface area (Å²) >= 11 is 0. The van der Waals surface area contributed by atoms with Gasteiger partial charge in [-0.3, -0.25) is 0 Å². The number of unbranched alkanes of at least 4 members (excludes halogenated alkanes) is 2. The second kappa shape index (κ2) is 11.8. The van der Waals surface area contributed by atoms with Crippen LogP contribution < -0.4 is 0 Å². The highest BCUT2D eigenvalue weighted by atomic mass is 31.1. The highest BCUT2D eigenvalue weighted by Gasteiger charge is 2.33. The number of hydrogen-bond acceptors (Lipinski definition) is 0. The van der Waals surface area contributed by atoms with Crippen LogP contribution in [0.5, 0.6) is 0 Å². The molecule has 1 saturated carbocycles. The summed E-state index contributed by atoms with van der Waals surface area (Å²) in [7, 11) is 0.200. The van der Waals surface area contributed by atoms with Crippen molar-refractivity contribution in [3.63, 3.8) is 0 Å². The predicted octanol–water partition coefficient (Wildman–Crippen LogP) is 8.44. The lowest BCUT2D eigenvalue weighted by Crippen LogP contribution is -2.25. The lowest BCUT2D eigenvalue weighted by atomic mass is 9.70. The van der Waals surface area contributed by atoms with Gasteiger partial charge in [-0.15, -0.1) is 7.92 Å². The van der Waals surface area contributed by atoms with Crippen LogP contribution in [-0.4, -0.2) is 18.5 Å². The SMILES string of the molecule is CCCCP(CCCC)C[C@H]1CC(c2ccccc2)CCC1c1ccccc1. The largest absolute Gasteiger partial charge is 0.106 e. The quantitative estimate of drug-likeness (QED) is 0.355. The van der Waals surface area contributed by atoms with E-state index in [-0.39, 0.29) is 7.92 Å². The summed E-state index contributed by atoms with van der Waals surface area (Å²) in [6, 6.07) is 22.8. The van der Waals surface area contributed by atoms with Crippen molar-refractivity contribution in [2.75, 3.05) is 18.5 Å². The van der Waals surface area contributed by atoms with Crippen molar-refractivity contribution < 1.29 is 0 Å². The fraction of sp³-hybridized carbons (Fsp3) is 0.556. The van der Waals surface area contributed by atoms with E-state index < -0.39 is 0 Å². The molecule has 0 aliphatic heterocycles. The first-order valence-electron chi connectivity index (χ1n) is 11.6. The summed E-state index contributed by atoms with van der Waals surface area (Å²) < 4.78 is 0. The molecule has 0 N–H and O–H groups in total. The highest BCUT2D eigenvalue weighted by molar-refractivity contribution is 7.57. The van der Waals surface area contributed by atoms with E-state index >= 15 is 0 Å². The molecule has 3 atom stereocenters. The smallest absolute Gasteiger partial charge is 0.0130 e. The summed E-state index contributed by atoms with van der Waals surface area (Å²) in [5, 5.41) is 0. The molecular formula is C27H39P. The summed E-state index contributed by atoms with van der Waals surface area (Å²) in [5.74, 6) is 2.40. The molecule has 2 aromatic rings. The molecule has 28 heavy (non-hydrogen) atoms. The van der Waals surface area contributed by atoms with Gasteiger partial charge in [-0.1, -0.05) is 87.4 Å². The Labute approximate surface area is 174 Å². The fourth-order valence-electron chi connectivity index (χ4n) is 5.02. The lowest BCUT2D eigenvalue weighted by molar-refractivity contribution is 0.301. The first kappa shape index (κ1) is 21.6. The molecule has 3 rings (SSSR count). The normalized spacial score (nSPS) is 22.5. The van der Waals surface area contributed by atoms with Gasteiger partial charge in [0.2, 0.25) is 0 Å². The third kappa shape index (κ3) is 6.18. The van der Waals surface area contributed by atoms with Gasteiger partial charge in [0.15, 0.2) is 0 Å². The molecule has 1 fully saturated rings. The predicted molar refractivity (Wildman–Crippen MR) is 127 cm³/mol. The second-order valence-electron chi connectivity index (χ2n) is 8.71. The Hall–Kier alpha value is -1.13. The zero-order valence-corrected chi connectivity index (χ0v) is 18.9. The van der Waals surface area contributed by atoms with Gasteiger partial charge < -0.3 is 0 Å². The minimum Gasteiger partial charge on any atom is -0.106 e. The van der Waals surface area contributed by atoms with Crippen molar-refractivity contribution in [1.29, 1.82) is 0 Å². The van der Waals surface area contributed by atoms with E-state index in [2.05, 4.69) is 74.5 Å². The van der Waals surface area contributed by atoms with Crippen molar-refractivity contribution in [2.24, 2.45) is 5.92 Å². The van der Waals surface area contributed by atoms with Gasteiger partial charge in [0.1, 0.15) is 0 Å². The summed E-state index contributed by atoms with van der Waals surface area (Å²) in [4.78, 5) is 0. The van der Waals surface area contributed by atoms with Gasteiger partial charge in [0.25, 0.3) is 0 Å². The van der Waals surface area contributed by atoms with Crippen LogP contribution in [-0.2, 0) is 0 Å². The maximum absolute atomic E-state index is 2.39. The Bertz CT molecular complexity index is 642. The van der Waals surface area contributed by atoms with Crippen molar-refractivity contribution in [1.82, 2.24) is 0 Å². The molecule has 0 heterocycles. The Morgan fingerprint density at radius 1 is 0.750 bits per heavy atom. The second-order valence-corrected chi connectivity index (χ2v) is 11.3. The molecule has 152 valence electrons. The molecule has 1 aliphatic rings. The van der Waals surface area contributed by atoms with Gasteiger partial charge in [0.05, 0.1) is 0 Å². The van der Waals surface area contributed by atoms with Gasteiger partial charge in [-0.25, -0.2) is 0 Å². The van der Waals surface area contributed by atoms with Gasteiger partial charge in [-0.2, -0.15) is 0 Å². The van der Waals surface area contributed by atoms with Crippen molar-refractivity contribution in [2.45, 2.75) is 70.6 Å². The first-order chi connectivity index (χ1) is 13.8. The van der Waals surface area contributed by atoms with Crippen LogP contribution in [0.25, 0.3) is 0 Å². The van der Waals surface area contributed by atoms with Crippen molar-refractivity contribution >= 4 is 7.92 Å². The van der Waals surface area contributed by atoms with Gasteiger partial charge in [-0.05, 0) is 79.5 Å². The van der Waals surface area contributed by atoms with Crippen molar-refractivity contribution in [3.8, 4) is 0 Å². The zero-order valence-electron chi connectivity index (χ0n) is 18.0. The number of hydrogen-bond donors (Lipinski definition) is 0. The topological polar surface area (TPSA) is 0 Å². The molecule has 1 aliphatic carbocycles. The molecule has 0 amide bonds. The molecule has 1 heteroatoms. The average Bonchev–Trinajstić information content (AvgIpc) is 2.76. The molecule has 0 nitrogen and oxygen atoms in total. The highest BCUT2D eigenvalue weighted by Crippen LogP contribution is 2.50. The number of rotatable bonds is 10. The lowest BCUT2D eigenvalue weighted by Gasteiger charge is -2.39. The maximum Gasteiger partial charge on any atom is -0.0130 e. The molecule has 0 radical (unpaired) electrons. The zero-order chi connectivity index (χ0) is 19.6.